The fraction of sp³-hybridized carbons (Fsp3) is 0.333. The number of aromatic nitrogens is 1. The van der Waals surface area contributed by atoms with Crippen molar-refractivity contribution >= 4 is 34.8 Å². The van der Waals surface area contributed by atoms with E-state index in [2.05, 4.69) is 15.6 Å². The summed E-state index contributed by atoms with van der Waals surface area (Å²) in [5.41, 5.74) is 1.27. The molecular weight excluding hydrogens is 341 g/mol. The molecule has 2 aromatic rings. The summed E-state index contributed by atoms with van der Waals surface area (Å²) in [5.74, 6) is -0.320. The van der Waals surface area contributed by atoms with Crippen LogP contribution < -0.4 is 15.4 Å². The Morgan fingerprint density at radius 3 is 2.87 bits per heavy atom. The number of anilines is 1. The summed E-state index contributed by atoms with van der Waals surface area (Å²) in [7, 11) is 3.27. The fourth-order valence-electron chi connectivity index (χ4n) is 1.90. The van der Waals surface area contributed by atoms with Crippen molar-refractivity contribution in [3.63, 3.8) is 0 Å². The van der Waals surface area contributed by atoms with Crippen LogP contribution in [0.3, 0.4) is 0 Å². The predicted octanol–water partition coefficient (Wildman–Crippen LogP) is 3.32. The number of hydrogen-bond donors (Lipinski definition) is 2. The first-order chi connectivity index (χ1) is 10.6. The highest BCUT2D eigenvalue weighted by Gasteiger charge is 2.10. The molecule has 0 saturated carbocycles. The zero-order valence-corrected chi connectivity index (χ0v) is 14.5. The average molecular weight is 360 g/mol. The molecule has 2 rings (SSSR count). The first-order valence-electron chi connectivity index (χ1n) is 6.88. The summed E-state index contributed by atoms with van der Waals surface area (Å²) in [6.45, 7) is 0.793. The SMILES string of the molecule is CNCCCC(=O)Nc1nc(-c2ccc(OC)c(F)c2)cs1.Cl. The number of thiazole rings is 1. The van der Waals surface area contributed by atoms with Gasteiger partial charge in [-0.1, -0.05) is 0 Å². The first-order valence-corrected chi connectivity index (χ1v) is 7.76. The molecule has 2 N–H and O–H groups in total. The molecule has 8 heteroatoms. The molecule has 0 fully saturated rings. The summed E-state index contributed by atoms with van der Waals surface area (Å²) in [5, 5.41) is 8.04. The molecule has 1 amide bonds. The van der Waals surface area contributed by atoms with E-state index in [9.17, 15) is 9.18 Å². The quantitative estimate of drug-likeness (QED) is 0.744. The molecule has 1 aromatic carbocycles. The molecule has 0 atom stereocenters. The van der Waals surface area contributed by atoms with E-state index in [-0.39, 0.29) is 24.1 Å². The molecule has 5 nitrogen and oxygen atoms in total. The average Bonchev–Trinajstić information content (AvgIpc) is 2.96. The molecule has 0 saturated heterocycles. The number of carbonyl (C=O) groups is 1. The molecule has 0 spiro atoms. The molecule has 0 aliphatic carbocycles. The van der Waals surface area contributed by atoms with Gasteiger partial charge in [0.2, 0.25) is 5.91 Å². The summed E-state index contributed by atoms with van der Waals surface area (Å²) >= 11 is 1.32. The van der Waals surface area contributed by atoms with Crippen molar-refractivity contribution in [2.24, 2.45) is 0 Å². The van der Waals surface area contributed by atoms with E-state index < -0.39 is 5.82 Å². The van der Waals surface area contributed by atoms with Gasteiger partial charge >= 0.3 is 0 Å². The van der Waals surface area contributed by atoms with Crippen LogP contribution in [0.2, 0.25) is 0 Å². The van der Waals surface area contributed by atoms with Crippen LogP contribution in [0.1, 0.15) is 12.8 Å². The molecule has 0 aliphatic heterocycles. The Labute approximate surface area is 144 Å². The minimum Gasteiger partial charge on any atom is -0.494 e. The fourth-order valence-corrected chi connectivity index (χ4v) is 2.63. The van der Waals surface area contributed by atoms with Crippen molar-refractivity contribution in [3.05, 3.63) is 29.4 Å². The highest BCUT2D eigenvalue weighted by Crippen LogP contribution is 2.28. The van der Waals surface area contributed by atoms with Gasteiger partial charge < -0.3 is 15.4 Å². The van der Waals surface area contributed by atoms with E-state index in [1.54, 1.807) is 17.5 Å². The third-order valence-corrected chi connectivity index (χ3v) is 3.79. The van der Waals surface area contributed by atoms with Crippen LogP contribution in [0.5, 0.6) is 5.75 Å². The zero-order chi connectivity index (χ0) is 15.9. The summed E-state index contributed by atoms with van der Waals surface area (Å²) in [6, 6.07) is 4.65. The third-order valence-electron chi connectivity index (χ3n) is 3.03. The number of halogens is 2. The third kappa shape index (κ3) is 5.46. The van der Waals surface area contributed by atoms with Crippen molar-refractivity contribution in [1.82, 2.24) is 10.3 Å². The number of ether oxygens (including phenoxy) is 1. The number of nitrogens with zero attached hydrogens (tertiary/aromatic N) is 1. The number of rotatable bonds is 7. The lowest BCUT2D eigenvalue weighted by atomic mass is 10.1. The van der Waals surface area contributed by atoms with E-state index in [1.807, 2.05) is 7.05 Å². The Kier molecular flexibility index (Phi) is 7.94. The highest BCUT2D eigenvalue weighted by atomic mass is 35.5. The highest BCUT2D eigenvalue weighted by molar-refractivity contribution is 7.14. The van der Waals surface area contributed by atoms with Gasteiger partial charge in [-0.3, -0.25) is 4.79 Å². The Hall–Kier alpha value is -1.70. The van der Waals surface area contributed by atoms with Crippen LogP contribution in [-0.2, 0) is 4.79 Å². The molecule has 0 unspecified atom stereocenters. The molecule has 1 heterocycles. The van der Waals surface area contributed by atoms with E-state index in [0.717, 1.165) is 13.0 Å². The standard InChI is InChI=1S/C15H18FN3O2S.ClH/c1-17-7-3-4-14(20)19-15-18-12(9-22-15)10-5-6-13(21-2)11(16)8-10;/h5-6,8-9,17H,3-4,7H2,1-2H3,(H,18,19,20);1H. The molecule has 126 valence electrons. The largest absolute Gasteiger partial charge is 0.494 e. The maximum Gasteiger partial charge on any atom is 0.226 e. The topological polar surface area (TPSA) is 63.2 Å². The van der Waals surface area contributed by atoms with Gasteiger partial charge in [0.25, 0.3) is 0 Å². The van der Waals surface area contributed by atoms with E-state index in [4.69, 9.17) is 4.74 Å². The predicted molar refractivity (Wildman–Crippen MR) is 93.1 cm³/mol. The van der Waals surface area contributed by atoms with Crippen LogP contribution in [-0.4, -0.2) is 31.6 Å². The number of carbonyl (C=O) groups excluding carboxylic acids is 1. The number of methoxy groups -OCH3 is 1. The van der Waals surface area contributed by atoms with Crippen molar-refractivity contribution in [2.45, 2.75) is 12.8 Å². The minimum absolute atomic E-state index is 0. The lowest BCUT2D eigenvalue weighted by molar-refractivity contribution is -0.116. The Balaban J connectivity index is 0.00000264. The van der Waals surface area contributed by atoms with E-state index >= 15 is 0 Å². The van der Waals surface area contributed by atoms with Crippen molar-refractivity contribution in [3.8, 4) is 17.0 Å². The Morgan fingerprint density at radius 2 is 2.22 bits per heavy atom. The second-order valence-corrected chi connectivity index (χ2v) is 5.50. The molecule has 0 aliphatic rings. The zero-order valence-electron chi connectivity index (χ0n) is 12.9. The van der Waals surface area contributed by atoms with Crippen LogP contribution in [0, 0.1) is 5.82 Å². The molecule has 1 aromatic heterocycles. The number of nitrogens with one attached hydrogen (secondary N) is 2. The van der Waals surface area contributed by atoms with Gasteiger partial charge in [-0.15, -0.1) is 23.7 Å². The second-order valence-electron chi connectivity index (χ2n) is 4.64. The van der Waals surface area contributed by atoms with Crippen molar-refractivity contribution in [2.75, 3.05) is 26.0 Å². The van der Waals surface area contributed by atoms with Gasteiger partial charge in [-0.05, 0) is 38.2 Å². The molecule has 23 heavy (non-hydrogen) atoms. The number of hydrogen-bond acceptors (Lipinski definition) is 5. The van der Waals surface area contributed by atoms with Gasteiger partial charge in [0.05, 0.1) is 12.8 Å². The maximum atomic E-state index is 13.7. The molecule has 0 bridgehead atoms. The van der Waals surface area contributed by atoms with Crippen molar-refractivity contribution < 1.29 is 13.9 Å². The molecule has 0 radical (unpaired) electrons. The minimum atomic E-state index is -0.439. The van der Waals surface area contributed by atoms with Gasteiger partial charge in [-0.25, -0.2) is 9.37 Å². The van der Waals surface area contributed by atoms with Crippen LogP contribution in [0.4, 0.5) is 9.52 Å². The van der Waals surface area contributed by atoms with Gasteiger partial charge in [0.1, 0.15) is 0 Å². The van der Waals surface area contributed by atoms with E-state index in [1.165, 1.54) is 24.5 Å². The lowest BCUT2D eigenvalue weighted by Gasteiger charge is -2.03. The lowest BCUT2D eigenvalue weighted by Crippen LogP contribution is -2.15. The van der Waals surface area contributed by atoms with Gasteiger partial charge in [-0.2, -0.15) is 0 Å². The summed E-state index contributed by atoms with van der Waals surface area (Å²) < 4.78 is 18.6. The van der Waals surface area contributed by atoms with Crippen LogP contribution in [0.25, 0.3) is 11.3 Å². The Morgan fingerprint density at radius 1 is 1.43 bits per heavy atom. The Bertz CT molecular complexity index is 651. The van der Waals surface area contributed by atoms with Gasteiger partial charge in [0.15, 0.2) is 16.7 Å². The number of benzene rings is 1. The maximum absolute atomic E-state index is 13.7. The van der Waals surface area contributed by atoms with Crippen LogP contribution >= 0.6 is 23.7 Å². The monoisotopic (exact) mass is 359 g/mol. The summed E-state index contributed by atoms with van der Waals surface area (Å²) in [6.07, 6.45) is 1.21. The van der Waals surface area contributed by atoms with Crippen LogP contribution in [0.15, 0.2) is 23.6 Å². The normalized spacial score (nSPS) is 10.0. The number of amides is 1. The molecular formula is C15H19ClFN3O2S. The first kappa shape index (κ1) is 19.3. The summed E-state index contributed by atoms with van der Waals surface area (Å²) in [4.78, 5) is 16.0. The van der Waals surface area contributed by atoms with Gasteiger partial charge in [0, 0.05) is 17.4 Å². The second kappa shape index (κ2) is 9.44. The van der Waals surface area contributed by atoms with Crippen molar-refractivity contribution in [1.29, 1.82) is 0 Å². The smallest absolute Gasteiger partial charge is 0.226 e. The van der Waals surface area contributed by atoms with E-state index in [0.29, 0.717) is 22.8 Å².